The van der Waals surface area contributed by atoms with Crippen LogP contribution in [-0.4, -0.2) is 69.4 Å². The smallest absolute Gasteiger partial charge is 0.416 e. The molecule has 8 nitrogen and oxygen atoms in total. The summed E-state index contributed by atoms with van der Waals surface area (Å²) in [5, 5.41) is 3.29. The normalized spacial score (nSPS) is 21.8. The number of carbonyl (C=O) groups excluding carboxylic acids is 3. The van der Waals surface area contributed by atoms with Gasteiger partial charge >= 0.3 is 30.4 Å². The van der Waals surface area contributed by atoms with E-state index < -0.39 is 29.6 Å². The molecule has 0 spiro atoms. The molecule has 0 bridgehead atoms. The predicted octanol–water partition coefficient (Wildman–Crippen LogP) is 6.06. The molecule has 254 valence electrons. The Bertz CT molecular complexity index is 1300. The zero-order chi connectivity index (χ0) is 34.1. The van der Waals surface area contributed by atoms with Gasteiger partial charge in [-0.3, -0.25) is 9.59 Å². The van der Waals surface area contributed by atoms with Crippen LogP contribution in [0.1, 0.15) is 47.9 Å². The van der Waals surface area contributed by atoms with Gasteiger partial charge in [-0.2, -0.15) is 26.3 Å². The lowest BCUT2D eigenvalue weighted by Gasteiger charge is -2.37. The number of carbonyl (C=O) groups is 3. The summed E-state index contributed by atoms with van der Waals surface area (Å²) in [6, 6.07) is 9.71. The molecule has 2 aliphatic heterocycles. The van der Waals surface area contributed by atoms with Crippen LogP contribution in [0.3, 0.4) is 0 Å². The maximum atomic E-state index is 12.7. The van der Waals surface area contributed by atoms with Crippen molar-refractivity contribution in [2.75, 3.05) is 34.4 Å². The maximum absolute atomic E-state index is 12.7. The molecule has 0 saturated carbocycles. The second-order valence-electron chi connectivity index (χ2n) is 11.3. The topological polar surface area (TPSA) is 94.2 Å². The summed E-state index contributed by atoms with van der Waals surface area (Å²) in [5.74, 6) is -1.03. The van der Waals surface area contributed by atoms with E-state index in [9.17, 15) is 40.7 Å². The van der Waals surface area contributed by atoms with Gasteiger partial charge in [0, 0.05) is 18.6 Å². The van der Waals surface area contributed by atoms with E-state index in [1.165, 1.54) is 50.5 Å². The highest BCUT2D eigenvalue weighted by Crippen LogP contribution is 2.32. The summed E-state index contributed by atoms with van der Waals surface area (Å²) in [6.07, 6.45) is -6.06. The van der Waals surface area contributed by atoms with Gasteiger partial charge in [0.25, 0.3) is 0 Å². The minimum absolute atomic E-state index is 0.0830. The summed E-state index contributed by atoms with van der Waals surface area (Å²) in [7, 11) is 3.94. The highest BCUT2D eigenvalue weighted by atomic mass is 19.4. The minimum atomic E-state index is -4.39. The first-order valence-corrected chi connectivity index (χ1v) is 14.7. The first-order chi connectivity index (χ1) is 21.7. The van der Waals surface area contributed by atoms with E-state index in [1.54, 1.807) is 0 Å². The number of hydrogen-bond donors (Lipinski definition) is 1. The van der Waals surface area contributed by atoms with Gasteiger partial charge in [0.2, 0.25) is 0 Å². The number of piperidine rings is 2. The zero-order valence-corrected chi connectivity index (χ0v) is 25.7. The summed E-state index contributed by atoms with van der Waals surface area (Å²) in [6.45, 7) is 1.04. The highest BCUT2D eigenvalue weighted by Gasteiger charge is 2.36. The average Bonchev–Trinajstić information content (AvgIpc) is 3.03. The molecule has 0 radical (unpaired) electrons. The van der Waals surface area contributed by atoms with E-state index in [-0.39, 0.29) is 35.9 Å². The van der Waals surface area contributed by atoms with E-state index in [4.69, 9.17) is 14.2 Å². The van der Waals surface area contributed by atoms with E-state index in [0.29, 0.717) is 50.8 Å². The lowest BCUT2D eigenvalue weighted by atomic mass is 9.87. The maximum Gasteiger partial charge on any atom is 0.416 e. The Morgan fingerprint density at radius 1 is 0.717 bits per heavy atom. The number of halogens is 6. The fraction of sp³-hybridized carbons (Fsp3) is 0.531. The van der Waals surface area contributed by atoms with Crippen LogP contribution in [0, 0.1) is 11.8 Å². The number of rotatable bonds is 6. The minimum Gasteiger partial charge on any atom is -0.469 e. The molecule has 0 aromatic heterocycles. The first kappa shape index (κ1) is 36.7. The summed E-state index contributed by atoms with van der Waals surface area (Å²) in [5.41, 5.74) is 0.107. The Morgan fingerprint density at radius 2 is 1.20 bits per heavy atom. The molecule has 2 heterocycles. The van der Waals surface area contributed by atoms with Crippen molar-refractivity contribution >= 4 is 18.0 Å². The summed E-state index contributed by atoms with van der Waals surface area (Å²) < 4.78 is 89.7. The van der Waals surface area contributed by atoms with Gasteiger partial charge in [-0.1, -0.05) is 24.3 Å². The van der Waals surface area contributed by atoms with Crippen molar-refractivity contribution in [2.24, 2.45) is 11.8 Å². The number of benzene rings is 2. The van der Waals surface area contributed by atoms with E-state index in [0.717, 1.165) is 36.2 Å². The number of ether oxygens (including phenoxy) is 3. The van der Waals surface area contributed by atoms with Crippen LogP contribution in [0.2, 0.25) is 0 Å². The fourth-order valence-electron chi connectivity index (χ4n) is 5.74. The van der Waals surface area contributed by atoms with Gasteiger partial charge in [0.1, 0.15) is 0 Å². The van der Waals surface area contributed by atoms with Crippen LogP contribution in [-0.2, 0) is 49.0 Å². The van der Waals surface area contributed by atoms with Crippen molar-refractivity contribution in [2.45, 2.75) is 63.0 Å². The average molecular weight is 661 g/mol. The third-order valence-corrected chi connectivity index (χ3v) is 8.20. The van der Waals surface area contributed by atoms with E-state index in [1.807, 2.05) is 0 Å². The lowest BCUT2D eigenvalue weighted by Crippen LogP contribution is -2.48. The molecule has 2 saturated heterocycles. The number of likely N-dealkylation sites (tertiary alicyclic amines) is 1. The Morgan fingerprint density at radius 3 is 1.65 bits per heavy atom. The van der Waals surface area contributed by atoms with Crippen molar-refractivity contribution in [1.82, 2.24) is 10.2 Å². The van der Waals surface area contributed by atoms with Gasteiger partial charge in [0.15, 0.2) is 0 Å². The Kier molecular flexibility index (Phi) is 12.9. The van der Waals surface area contributed by atoms with Crippen molar-refractivity contribution < 1.29 is 54.9 Å². The molecule has 4 atom stereocenters. The van der Waals surface area contributed by atoms with E-state index >= 15 is 0 Å². The summed E-state index contributed by atoms with van der Waals surface area (Å²) in [4.78, 5) is 36.8. The van der Waals surface area contributed by atoms with Crippen molar-refractivity contribution in [1.29, 1.82) is 0 Å². The quantitative estimate of drug-likeness (QED) is 0.229. The molecule has 2 fully saturated rings. The molecule has 1 amide bonds. The van der Waals surface area contributed by atoms with Gasteiger partial charge in [-0.15, -0.1) is 0 Å². The van der Waals surface area contributed by atoms with Crippen LogP contribution < -0.4 is 5.32 Å². The van der Waals surface area contributed by atoms with Gasteiger partial charge < -0.3 is 24.4 Å². The second-order valence-corrected chi connectivity index (χ2v) is 11.3. The van der Waals surface area contributed by atoms with Crippen molar-refractivity contribution in [3.63, 3.8) is 0 Å². The van der Waals surface area contributed by atoms with Crippen LogP contribution in [0.5, 0.6) is 0 Å². The molecule has 4 rings (SSSR count). The molecule has 0 aliphatic carbocycles. The van der Waals surface area contributed by atoms with Crippen molar-refractivity contribution in [3.05, 3.63) is 70.8 Å². The van der Waals surface area contributed by atoms with Crippen LogP contribution in [0.25, 0.3) is 0 Å². The molecule has 14 heteroatoms. The monoisotopic (exact) mass is 660 g/mol. The number of hydrogen-bond acceptors (Lipinski definition) is 7. The first-order valence-electron chi connectivity index (χ1n) is 14.7. The predicted molar refractivity (Wildman–Crippen MR) is 154 cm³/mol. The lowest BCUT2D eigenvalue weighted by molar-refractivity contribution is -0.148. The number of amides is 1. The zero-order valence-electron chi connectivity index (χ0n) is 25.7. The molecule has 2 aromatic carbocycles. The molecule has 2 aromatic rings. The molecule has 1 N–H and O–H groups in total. The van der Waals surface area contributed by atoms with Crippen molar-refractivity contribution in [3.8, 4) is 0 Å². The number of esters is 2. The third kappa shape index (κ3) is 10.4. The number of nitrogens with one attached hydrogen (secondary N) is 1. The standard InChI is InChI=1S/C17H20F3NO4.C15H18F3NO2/c1-24-15(22)12-7-8-21(16(23)25-2)14(10-12)9-11-3-5-13(6-4-11)17(18,19)20;1-21-14(20)11-6-7-19-13(9-11)8-10-2-4-12(5-3-10)15(16,17)18/h3-6,12,14H,7-10H2,1-2H3;2-5,11,13,19H,6-9H2,1H3. The van der Waals surface area contributed by atoms with Gasteiger partial charge in [0.05, 0.1) is 44.3 Å². The van der Waals surface area contributed by atoms with Gasteiger partial charge in [-0.05, 0) is 80.5 Å². The number of nitrogens with zero attached hydrogens (tertiary/aromatic N) is 1. The number of alkyl halides is 6. The molecule has 2 aliphatic rings. The second kappa shape index (κ2) is 16.1. The Balaban J connectivity index is 0.000000254. The van der Waals surface area contributed by atoms with E-state index in [2.05, 4.69) is 5.32 Å². The Labute approximate surface area is 263 Å². The van der Waals surface area contributed by atoms with Crippen LogP contribution in [0.4, 0.5) is 31.1 Å². The fourth-order valence-corrected chi connectivity index (χ4v) is 5.74. The largest absolute Gasteiger partial charge is 0.469 e. The number of methoxy groups -OCH3 is 3. The molecule has 4 unspecified atom stereocenters. The highest BCUT2D eigenvalue weighted by molar-refractivity contribution is 5.74. The molecular weight excluding hydrogens is 622 g/mol. The van der Waals surface area contributed by atoms with Gasteiger partial charge in [-0.25, -0.2) is 4.79 Å². The Hall–Kier alpha value is -3.81. The summed E-state index contributed by atoms with van der Waals surface area (Å²) >= 11 is 0. The van der Waals surface area contributed by atoms with Crippen LogP contribution >= 0.6 is 0 Å². The SMILES string of the molecule is COC(=O)C1CCN(C(=O)OC)C(Cc2ccc(C(F)(F)F)cc2)C1.COC(=O)C1CCNC(Cc2ccc(C(F)(F)F)cc2)C1. The third-order valence-electron chi connectivity index (χ3n) is 8.20. The van der Waals surface area contributed by atoms with Crippen LogP contribution in [0.15, 0.2) is 48.5 Å². The molecule has 46 heavy (non-hydrogen) atoms. The molecular formula is C32H38F6N2O6.